The molecule has 1 heterocycles. The Labute approximate surface area is 135 Å². The van der Waals surface area contributed by atoms with E-state index >= 15 is 0 Å². The average molecular weight is 321 g/mol. The molecule has 0 atom stereocenters. The number of amides is 1. The lowest BCUT2D eigenvalue weighted by atomic mass is 10.1. The number of anilines is 1. The van der Waals surface area contributed by atoms with Gasteiger partial charge in [-0.15, -0.1) is 0 Å². The molecular weight excluding hydrogens is 300 g/mol. The molecule has 118 valence electrons. The van der Waals surface area contributed by atoms with Crippen LogP contribution in [0, 0.1) is 0 Å². The zero-order valence-electron chi connectivity index (χ0n) is 12.7. The molecule has 5 nitrogen and oxygen atoms in total. The van der Waals surface area contributed by atoms with Crippen LogP contribution in [-0.2, 0) is 6.42 Å². The van der Waals surface area contributed by atoms with Crippen molar-refractivity contribution >= 4 is 23.3 Å². The SMILES string of the molecule is CCCCNc1nc(Cl)[nH]c1C(=O)NCCc1ccccc1. The summed E-state index contributed by atoms with van der Waals surface area (Å²) in [4.78, 5) is 19.1. The van der Waals surface area contributed by atoms with Crippen molar-refractivity contribution in [3.63, 3.8) is 0 Å². The van der Waals surface area contributed by atoms with Crippen molar-refractivity contribution in [1.82, 2.24) is 15.3 Å². The van der Waals surface area contributed by atoms with Crippen molar-refractivity contribution in [2.24, 2.45) is 0 Å². The number of hydrogen-bond donors (Lipinski definition) is 3. The fourth-order valence-corrected chi connectivity index (χ4v) is 2.25. The number of H-pyrrole nitrogens is 1. The molecule has 1 amide bonds. The van der Waals surface area contributed by atoms with Crippen LogP contribution in [0.5, 0.6) is 0 Å². The predicted molar refractivity (Wildman–Crippen MR) is 89.5 cm³/mol. The minimum atomic E-state index is -0.200. The minimum Gasteiger partial charge on any atom is -0.368 e. The molecule has 6 heteroatoms. The van der Waals surface area contributed by atoms with E-state index in [1.54, 1.807) is 0 Å². The summed E-state index contributed by atoms with van der Waals surface area (Å²) >= 11 is 5.87. The normalized spacial score (nSPS) is 10.5. The number of aromatic amines is 1. The molecule has 0 aliphatic heterocycles. The summed E-state index contributed by atoms with van der Waals surface area (Å²) in [5.41, 5.74) is 1.57. The fraction of sp³-hybridized carbons (Fsp3) is 0.375. The van der Waals surface area contributed by atoms with Gasteiger partial charge in [0.2, 0.25) is 5.28 Å². The van der Waals surface area contributed by atoms with E-state index in [0.717, 1.165) is 25.8 Å². The van der Waals surface area contributed by atoms with Gasteiger partial charge in [0, 0.05) is 13.1 Å². The summed E-state index contributed by atoms with van der Waals surface area (Å²) in [6.45, 7) is 3.44. The third-order valence-corrected chi connectivity index (χ3v) is 3.45. The number of nitrogens with one attached hydrogen (secondary N) is 3. The van der Waals surface area contributed by atoms with E-state index in [4.69, 9.17) is 11.6 Å². The number of halogens is 1. The van der Waals surface area contributed by atoms with Crippen LogP contribution in [0.15, 0.2) is 30.3 Å². The second-order valence-electron chi connectivity index (χ2n) is 5.02. The molecule has 1 aromatic carbocycles. The number of benzene rings is 1. The van der Waals surface area contributed by atoms with Gasteiger partial charge in [-0.25, -0.2) is 4.98 Å². The van der Waals surface area contributed by atoms with Crippen molar-refractivity contribution in [2.45, 2.75) is 26.2 Å². The molecular formula is C16H21ClN4O. The van der Waals surface area contributed by atoms with Crippen LogP contribution in [0.1, 0.15) is 35.8 Å². The topological polar surface area (TPSA) is 69.8 Å². The highest BCUT2D eigenvalue weighted by Gasteiger charge is 2.16. The summed E-state index contributed by atoms with van der Waals surface area (Å²) < 4.78 is 0. The fourth-order valence-electron chi connectivity index (χ4n) is 2.07. The molecule has 0 aliphatic rings. The predicted octanol–water partition coefficient (Wildman–Crippen LogP) is 3.25. The molecule has 3 N–H and O–H groups in total. The molecule has 0 radical (unpaired) electrons. The molecule has 22 heavy (non-hydrogen) atoms. The number of rotatable bonds is 8. The molecule has 0 saturated heterocycles. The van der Waals surface area contributed by atoms with Crippen LogP contribution in [0.4, 0.5) is 5.82 Å². The van der Waals surface area contributed by atoms with E-state index in [1.165, 1.54) is 5.56 Å². The standard InChI is InChI=1S/C16H21ClN4O/c1-2-3-10-18-14-13(20-16(17)21-14)15(22)19-11-9-12-7-5-4-6-8-12/h4-8,18H,2-3,9-11H2,1H3,(H,19,22)(H,20,21). The lowest BCUT2D eigenvalue weighted by Crippen LogP contribution is -2.27. The summed E-state index contributed by atoms with van der Waals surface area (Å²) in [6, 6.07) is 10.0. The number of carbonyl (C=O) groups excluding carboxylic acids is 1. The zero-order chi connectivity index (χ0) is 15.8. The highest BCUT2D eigenvalue weighted by Crippen LogP contribution is 2.15. The second kappa shape index (κ2) is 8.44. The van der Waals surface area contributed by atoms with Gasteiger partial charge in [-0.2, -0.15) is 0 Å². The Morgan fingerprint density at radius 3 is 2.77 bits per heavy atom. The van der Waals surface area contributed by atoms with Gasteiger partial charge in [-0.3, -0.25) is 4.79 Å². The van der Waals surface area contributed by atoms with Crippen molar-refractivity contribution in [3.05, 3.63) is 46.9 Å². The first-order chi connectivity index (χ1) is 10.7. The molecule has 2 aromatic rings. The van der Waals surface area contributed by atoms with Gasteiger partial charge < -0.3 is 15.6 Å². The molecule has 2 rings (SSSR count). The van der Waals surface area contributed by atoms with Gasteiger partial charge in [0.15, 0.2) is 5.82 Å². The van der Waals surface area contributed by atoms with Gasteiger partial charge in [0.25, 0.3) is 5.91 Å². The average Bonchev–Trinajstić information content (AvgIpc) is 2.89. The second-order valence-corrected chi connectivity index (χ2v) is 5.38. The van der Waals surface area contributed by atoms with Crippen LogP contribution in [0.3, 0.4) is 0 Å². The van der Waals surface area contributed by atoms with E-state index in [9.17, 15) is 4.79 Å². The number of carbonyl (C=O) groups is 1. The maximum absolute atomic E-state index is 12.2. The summed E-state index contributed by atoms with van der Waals surface area (Å²) in [6.07, 6.45) is 2.87. The van der Waals surface area contributed by atoms with Crippen LogP contribution in [0.25, 0.3) is 0 Å². The van der Waals surface area contributed by atoms with Crippen LogP contribution in [-0.4, -0.2) is 29.0 Å². The molecule has 0 saturated carbocycles. The Hall–Kier alpha value is -2.01. The van der Waals surface area contributed by atoms with Gasteiger partial charge in [0.05, 0.1) is 0 Å². The van der Waals surface area contributed by atoms with Gasteiger partial charge >= 0.3 is 0 Å². The summed E-state index contributed by atoms with van der Waals surface area (Å²) in [5, 5.41) is 6.23. The molecule has 0 bridgehead atoms. The van der Waals surface area contributed by atoms with Gasteiger partial charge in [-0.1, -0.05) is 43.7 Å². The molecule has 0 fully saturated rings. The Kier molecular flexibility index (Phi) is 6.27. The first-order valence-corrected chi connectivity index (χ1v) is 7.90. The van der Waals surface area contributed by atoms with Crippen LogP contribution in [0.2, 0.25) is 5.28 Å². The van der Waals surface area contributed by atoms with E-state index in [2.05, 4.69) is 27.5 Å². The van der Waals surface area contributed by atoms with Crippen LogP contribution < -0.4 is 10.6 Å². The van der Waals surface area contributed by atoms with Crippen molar-refractivity contribution in [3.8, 4) is 0 Å². The Morgan fingerprint density at radius 2 is 2.05 bits per heavy atom. The van der Waals surface area contributed by atoms with Crippen molar-refractivity contribution in [1.29, 1.82) is 0 Å². The summed E-state index contributed by atoms with van der Waals surface area (Å²) in [5.74, 6) is 0.310. The number of unbranched alkanes of at least 4 members (excludes halogenated alkanes) is 1. The van der Waals surface area contributed by atoms with Gasteiger partial charge in [-0.05, 0) is 30.0 Å². The molecule has 0 unspecified atom stereocenters. The first kappa shape index (κ1) is 16.4. The molecule has 1 aromatic heterocycles. The van der Waals surface area contributed by atoms with E-state index in [-0.39, 0.29) is 11.2 Å². The lowest BCUT2D eigenvalue weighted by Gasteiger charge is -2.07. The monoisotopic (exact) mass is 320 g/mol. The number of hydrogen-bond acceptors (Lipinski definition) is 3. The minimum absolute atomic E-state index is 0.200. The smallest absolute Gasteiger partial charge is 0.271 e. The number of aromatic nitrogens is 2. The van der Waals surface area contributed by atoms with E-state index < -0.39 is 0 Å². The first-order valence-electron chi connectivity index (χ1n) is 7.52. The van der Waals surface area contributed by atoms with E-state index in [0.29, 0.717) is 18.1 Å². The summed E-state index contributed by atoms with van der Waals surface area (Å²) in [7, 11) is 0. The lowest BCUT2D eigenvalue weighted by molar-refractivity contribution is 0.0950. The van der Waals surface area contributed by atoms with Gasteiger partial charge in [0.1, 0.15) is 5.69 Å². The Morgan fingerprint density at radius 1 is 1.27 bits per heavy atom. The van der Waals surface area contributed by atoms with Crippen LogP contribution >= 0.6 is 11.6 Å². The maximum Gasteiger partial charge on any atom is 0.271 e. The Balaban J connectivity index is 1.88. The van der Waals surface area contributed by atoms with Crippen molar-refractivity contribution < 1.29 is 4.79 Å². The highest BCUT2D eigenvalue weighted by molar-refractivity contribution is 6.28. The Bertz CT molecular complexity index is 597. The third kappa shape index (κ3) is 4.77. The molecule has 0 spiro atoms. The maximum atomic E-state index is 12.2. The quantitative estimate of drug-likeness (QED) is 0.654. The largest absolute Gasteiger partial charge is 0.368 e. The number of nitrogens with zero attached hydrogens (tertiary/aromatic N) is 1. The number of imidazole rings is 1. The van der Waals surface area contributed by atoms with Crippen molar-refractivity contribution in [2.75, 3.05) is 18.4 Å². The highest BCUT2D eigenvalue weighted by atomic mass is 35.5. The molecule has 0 aliphatic carbocycles. The zero-order valence-corrected chi connectivity index (χ0v) is 13.4. The third-order valence-electron chi connectivity index (χ3n) is 3.27. The van der Waals surface area contributed by atoms with E-state index in [1.807, 2.05) is 30.3 Å².